The van der Waals surface area contributed by atoms with E-state index in [1.165, 1.54) is 6.92 Å². The van der Waals surface area contributed by atoms with E-state index in [4.69, 9.17) is 0 Å². The van der Waals surface area contributed by atoms with E-state index in [0.29, 0.717) is 0 Å². The zero-order chi connectivity index (χ0) is 14.4. The maximum absolute atomic E-state index is 12.2. The van der Waals surface area contributed by atoms with Crippen LogP contribution in [0.1, 0.15) is 47.5 Å². The van der Waals surface area contributed by atoms with Gasteiger partial charge < -0.3 is 10.4 Å². The first-order valence-corrected chi connectivity index (χ1v) is 5.93. The van der Waals surface area contributed by atoms with Crippen LogP contribution in [-0.4, -0.2) is 38.7 Å². The van der Waals surface area contributed by atoms with Crippen LogP contribution in [0.5, 0.6) is 0 Å². The van der Waals surface area contributed by atoms with Crippen LogP contribution in [0.2, 0.25) is 0 Å². The highest BCUT2D eigenvalue weighted by Gasteiger charge is 2.57. The Hall–Kier alpha value is -1.14. The van der Waals surface area contributed by atoms with Gasteiger partial charge in [-0.2, -0.15) is 0 Å². The van der Waals surface area contributed by atoms with E-state index in [1.54, 1.807) is 27.7 Å². The van der Waals surface area contributed by atoms with Gasteiger partial charge in [0.2, 0.25) is 5.91 Å². The van der Waals surface area contributed by atoms with Gasteiger partial charge in [-0.05, 0) is 27.7 Å². The second-order valence-electron chi connectivity index (χ2n) is 6.34. The van der Waals surface area contributed by atoms with E-state index in [-0.39, 0.29) is 12.8 Å². The number of rotatable bonds is 2. The Morgan fingerprint density at radius 1 is 1.11 bits per heavy atom. The molecule has 6 nitrogen and oxygen atoms in total. The normalized spacial score (nSPS) is 25.4. The molecule has 1 saturated heterocycles. The number of amides is 1. The number of hydrogen-bond donors (Lipinski definition) is 2. The third-order valence-corrected chi connectivity index (χ3v) is 3.39. The molecule has 0 saturated carbocycles. The fourth-order valence-corrected chi connectivity index (χ4v) is 3.13. The molecule has 1 rings (SSSR count). The number of carbonyl (C=O) groups excluding carboxylic acids is 1. The standard InChI is InChI=1S/C12H21N2O4/c1-8(15)13-12(9(16)17)6-10(2,3)14(18)11(4,5)7-12/h6-7H2,1-5H3,(H,13,15)(H,16,17). The largest absolute Gasteiger partial charge is 0.480 e. The number of nitrogens with zero attached hydrogens (tertiary/aromatic N) is 1. The summed E-state index contributed by atoms with van der Waals surface area (Å²) in [7, 11) is 0. The Morgan fingerprint density at radius 2 is 1.50 bits per heavy atom. The molecule has 0 aromatic heterocycles. The van der Waals surface area contributed by atoms with Crippen molar-refractivity contribution in [3.05, 3.63) is 0 Å². The van der Waals surface area contributed by atoms with Crippen molar-refractivity contribution in [3.8, 4) is 0 Å². The van der Waals surface area contributed by atoms with E-state index in [0.717, 1.165) is 5.06 Å². The van der Waals surface area contributed by atoms with Crippen molar-refractivity contribution in [2.24, 2.45) is 0 Å². The van der Waals surface area contributed by atoms with E-state index < -0.39 is 28.5 Å². The maximum atomic E-state index is 12.2. The Balaban J connectivity index is 3.22. The molecular weight excluding hydrogens is 236 g/mol. The van der Waals surface area contributed by atoms with Crippen LogP contribution >= 0.6 is 0 Å². The van der Waals surface area contributed by atoms with Crippen LogP contribution in [0.4, 0.5) is 0 Å². The number of aliphatic carboxylic acids is 1. The molecule has 0 aromatic carbocycles. The average molecular weight is 257 g/mol. The highest BCUT2D eigenvalue weighted by atomic mass is 16.5. The smallest absolute Gasteiger partial charge is 0.329 e. The van der Waals surface area contributed by atoms with Crippen molar-refractivity contribution in [3.63, 3.8) is 0 Å². The number of piperidine rings is 1. The van der Waals surface area contributed by atoms with Gasteiger partial charge in [0, 0.05) is 30.8 Å². The third kappa shape index (κ3) is 2.49. The van der Waals surface area contributed by atoms with Crippen molar-refractivity contribution in [1.29, 1.82) is 0 Å². The minimum Gasteiger partial charge on any atom is -0.480 e. The van der Waals surface area contributed by atoms with Crippen LogP contribution in [-0.2, 0) is 14.8 Å². The second kappa shape index (κ2) is 4.20. The molecule has 0 atom stereocenters. The number of hydrogen-bond acceptors (Lipinski definition) is 3. The summed E-state index contributed by atoms with van der Waals surface area (Å²) in [6, 6.07) is 0. The topological polar surface area (TPSA) is 89.5 Å². The van der Waals surface area contributed by atoms with Gasteiger partial charge in [-0.25, -0.2) is 4.79 Å². The SMILES string of the molecule is CC(=O)NC1(C(=O)O)CC(C)(C)N([O])C(C)(C)C1. The fourth-order valence-electron chi connectivity index (χ4n) is 3.13. The van der Waals surface area contributed by atoms with Gasteiger partial charge in [-0.3, -0.25) is 4.79 Å². The predicted molar refractivity (Wildman–Crippen MR) is 64.1 cm³/mol. The van der Waals surface area contributed by atoms with Crippen LogP contribution < -0.4 is 5.32 Å². The lowest BCUT2D eigenvalue weighted by Gasteiger charge is -2.53. The summed E-state index contributed by atoms with van der Waals surface area (Å²) in [6.07, 6.45) is 0.170. The molecule has 0 unspecified atom stereocenters. The molecule has 1 heterocycles. The van der Waals surface area contributed by atoms with E-state index in [1.807, 2.05) is 0 Å². The zero-order valence-electron chi connectivity index (χ0n) is 11.5. The molecule has 6 heteroatoms. The Labute approximate surface area is 107 Å². The van der Waals surface area contributed by atoms with Gasteiger partial charge in [0.05, 0.1) is 0 Å². The highest BCUT2D eigenvalue weighted by Crippen LogP contribution is 2.42. The van der Waals surface area contributed by atoms with E-state index in [2.05, 4.69) is 5.32 Å². The summed E-state index contributed by atoms with van der Waals surface area (Å²) in [5.41, 5.74) is -3.06. The average Bonchev–Trinajstić information content (AvgIpc) is 2.11. The van der Waals surface area contributed by atoms with Crippen LogP contribution in [0, 0.1) is 0 Å². The molecule has 1 aliphatic rings. The summed E-state index contributed by atoms with van der Waals surface area (Å²) in [5, 5.41) is 25.1. The molecular formula is C12H21N2O4. The lowest BCUT2D eigenvalue weighted by molar-refractivity contribution is -0.296. The fraction of sp³-hybridized carbons (Fsp3) is 0.833. The summed E-state index contributed by atoms with van der Waals surface area (Å²) < 4.78 is 0. The molecule has 1 amide bonds. The summed E-state index contributed by atoms with van der Waals surface area (Å²) in [4.78, 5) is 22.8. The minimum absolute atomic E-state index is 0.0852. The van der Waals surface area contributed by atoms with Gasteiger partial charge in [-0.1, -0.05) is 0 Å². The summed E-state index contributed by atoms with van der Waals surface area (Å²) in [5.74, 6) is -1.49. The first-order chi connectivity index (χ1) is 7.93. The zero-order valence-corrected chi connectivity index (χ0v) is 11.5. The first-order valence-electron chi connectivity index (χ1n) is 5.93. The van der Waals surface area contributed by atoms with Gasteiger partial charge in [0.15, 0.2) is 0 Å². The number of carboxylic acid groups (broad SMARTS) is 1. The van der Waals surface area contributed by atoms with Crippen molar-refractivity contribution in [2.75, 3.05) is 0 Å². The lowest BCUT2D eigenvalue weighted by atomic mass is 9.70. The van der Waals surface area contributed by atoms with Crippen LogP contribution in [0.25, 0.3) is 0 Å². The molecule has 2 N–H and O–H groups in total. The quantitative estimate of drug-likeness (QED) is 0.770. The predicted octanol–water partition coefficient (Wildman–Crippen LogP) is 0.944. The Bertz CT molecular complexity index is 358. The molecule has 1 fully saturated rings. The van der Waals surface area contributed by atoms with E-state index in [9.17, 15) is 19.9 Å². The van der Waals surface area contributed by atoms with Gasteiger partial charge in [0.1, 0.15) is 5.54 Å². The first kappa shape index (κ1) is 14.9. The molecule has 0 aromatic rings. The maximum Gasteiger partial charge on any atom is 0.329 e. The summed E-state index contributed by atoms with van der Waals surface area (Å²) in [6.45, 7) is 8.07. The third-order valence-electron chi connectivity index (χ3n) is 3.39. The Kier molecular flexibility index (Phi) is 3.49. The molecule has 103 valence electrons. The molecule has 18 heavy (non-hydrogen) atoms. The summed E-state index contributed by atoms with van der Waals surface area (Å²) >= 11 is 0. The second-order valence-corrected chi connectivity index (χ2v) is 6.34. The van der Waals surface area contributed by atoms with Crippen molar-refractivity contribution < 1.29 is 19.9 Å². The number of carbonyl (C=O) groups is 2. The van der Waals surface area contributed by atoms with Gasteiger partial charge in [-0.15, -0.1) is 10.3 Å². The highest BCUT2D eigenvalue weighted by molar-refractivity contribution is 5.86. The molecule has 0 spiro atoms. The number of nitrogens with one attached hydrogen (secondary N) is 1. The van der Waals surface area contributed by atoms with Crippen LogP contribution in [0.3, 0.4) is 0 Å². The lowest BCUT2D eigenvalue weighted by Crippen LogP contribution is -2.70. The number of hydroxylamine groups is 2. The van der Waals surface area contributed by atoms with Crippen LogP contribution in [0.15, 0.2) is 0 Å². The van der Waals surface area contributed by atoms with Crippen molar-refractivity contribution in [1.82, 2.24) is 10.4 Å². The Morgan fingerprint density at radius 3 is 1.78 bits per heavy atom. The van der Waals surface area contributed by atoms with Gasteiger partial charge in [0.25, 0.3) is 0 Å². The van der Waals surface area contributed by atoms with Crippen molar-refractivity contribution in [2.45, 2.75) is 64.1 Å². The molecule has 0 bridgehead atoms. The number of carboxylic acids is 1. The molecule has 1 radical (unpaired) electrons. The molecule has 1 aliphatic heterocycles. The van der Waals surface area contributed by atoms with Crippen molar-refractivity contribution >= 4 is 11.9 Å². The van der Waals surface area contributed by atoms with E-state index >= 15 is 0 Å². The minimum atomic E-state index is -1.38. The van der Waals surface area contributed by atoms with Gasteiger partial charge >= 0.3 is 5.97 Å². The monoisotopic (exact) mass is 257 g/mol. The molecule has 0 aliphatic carbocycles.